The van der Waals surface area contributed by atoms with Crippen LogP contribution in [-0.2, 0) is 10.0 Å². The third-order valence-corrected chi connectivity index (χ3v) is 6.80. The van der Waals surface area contributed by atoms with E-state index >= 15 is 0 Å². The summed E-state index contributed by atoms with van der Waals surface area (Å²) in [6, 6.07) is 12.4. The van der Waals surface area contributed by atoms with Gasteiger partial charge in [-0.25, -0.2) is 18.4 Å². The van der Waals surface area contributed by atoms with Crippen molar-refractivity contribution in [2.45, 2.75) is 32.6 Å². The standard InChI is InChI=1S/C24H24N6O4S/c1-13-5-10-19(23(31)15(13)3)20-12-21(29-28-20)24(32)27-17-6-8-18(9-7-17)35(33,34)30-22-11-14(2)25-16(4)26-22/h5-12,31H,1-4H3,(H,27,32)(H,28,29)(H,25,26,30). The van der Waals surface area contributed by atoms with Crippen molar-refractivity contribution >= 4 is 27.4 Å². The van der Waals surface area contributed by atoms with Crippen LogP contribution in [0.25, 0.3) is 11.3 Å². The van der Waals surface area contributed by atoms with Crippen molar-refractivity contribution in [3.8, 4) is 17.0 Å². The van der Waals surface area contributed by atoms with Crippen molar-refractivity contribution < 1.29 is 18.3 Å². The minimum Gasteiger partial charge on any atom is -0.507 e. The summed E-state index contributed by atoms with van der Waals surface area (Å²) in [6.45, 7) is 7.13. The summed E-state index contributed by atoms with van der Waals surface area (Å²) < 4.78 is 27.8. The van der Waals surface area contributed by atoms with Gasteiger partial charge in [-0.05, 0) is 75.2 Å². The molecule has 0 bridgehead atoms. The lowest BCUT2D eigenvalue weighted by Gasteiger charge is -2.09. The fourth-order valence-electron chi connectivity index (χ4n) is 3.47. The van der Waals surface area contributed by atoms with Crippen molar-refractivity contribution in [1.82, 2.24) is 20.2 Å². The molecule has 35 heavy (non-hydrogen) atoms. The molecule has 0 atom stereocenters. The van der Waals surface area contributed by atoms with Gasteiger partial charge in [0.25, 0.3) is 15.9 Å². The molecule has 0 aliphatic carbocycles. The van der Waals surface area contributed by atoms with Gasteiger partial charge >= 0.3 is 0 Å². The third kappa shape index (κ3) is 5.14. The van der Waals surface area contributed by atoms with Crippen LogP contribution in [0.2, 0.25) is 0 Å². The first-order chi connectivity index (χ1) is 16.5. The fourth-order valence-corrected chi connectivity index (χ4v) is 4.46. The number of sulfonamides is 1. The van der Waals surface area contributed by atoms with E-state index in [1.54, 1.807) is 19.9 Å². The largest absolute Gasteiger partial charge is 0.507 e. The molecular formula is C24H24N6O4S. The van der Waals surface area contributed by atoms with Crippen molar-refractivity contribution in [1.29, 1.82) is 0 Å². The number of nitrogens with zero attached hydrogens (tertiary/aromatic N) is 3. The second-order valence-corrected chi connectivity index (χ2v) is 9.78. The third-order valence-electron chi connectivity index (χ3n) is 5.43. The molecule has 2 aromatic heterocycles. The number of amides is 1. The average Bonchev–Trinajstić information content (AvgIpc) is 3.27. The summed E-state index contributed by atoms with van der Waals surface area (Å²) in [5, 5.41) is 19.9. The maximum atomic E-state index is 12.7. The van der Waals surface area contributed by atoms with Crippen LogP contribution in [0.4, 0.5) is 11.5 Å². The van der Waals surface area contributed by atoms with Gasteiger partial charge in [0, 0.05) is 23.0 Å². The zero-order chi connectivity index (χ0) is 25.3. The summed E-state index contributed by atoms with van der Waals surface area (Å²) in [6.07, 6.45) is 0. The van der Waals surface area contributed by atoms with Gasteiger partial charge in [-0.2, -0.15) is 5.10 Å². The van der Waals surface area contributed by atoms with Gasteiger partial charge in [-0.3, -0.25) is 14.6 Å². The molecule has 2 heterocycles. The normalized spacial score (nSPS) is 11.3. The fraction of sp³-hybridized carbons (Fsp3) is 0.167. The lowest BCUT2D eigenvalue weighted by atomic mass is 10.0. The van der Waals surface area contributed by atoms with E-state index in [-0.39, 0.29) is 22.2 Å². The molecule has 4 aromatic rings. The van der Waals surface area contributed by atoms with Crippen molar-refractivity contribution in [2.75, 3.05) is 10.0 Å². The van der Waals surface area contributed by atoms with Crippen LogP contribution in [-0.4, -0.2) is 39.6 Å². The highest BCUT2D eigenvalue weighted by Gasteiger charge is 2.18. The van der Waals surface area contributed by atoms with E-state index in [4.69, 9.17) is 0 Å². The summed E-state index contributed by atoms with van der Waals surface area (Å²) in [5.41, 5.74) is 3.85. The number of H-pyrrole nitrogens is 1. The molecule has 0 unspecified atom stereocenters. The molecule has 4 rings (SSSR count). The molecule has 0 aliphatic heterocycles. The van der Waals surface area contributed by atoms with Gasteiger partial charge in [-0.1, -0.05) is 6.07 Å². The molecular weight excluding hydrogens is 468 g/mol. The Morgan fingerprint density at radius 1 is 0.971 bits per heavy atom. The number of aromatic hydroxyl groups is 1. The van der Waals surface area contributed by atoms with Crippen LogP contribution < -0.4 is 10.0 Å². The predicted molar refractivity (Wildman–Crippen MR) is 132 cm³/mol. The molecule has 0 spiro atoms. The number of anilines is 2. The number of phenols is 1. The van der Waals surface area contributed by atoms with E-state index in [0.717, 1.165) is 11.1 Å². The molecule has 11 heteroatoms. The molecule has 10 nitrogen and oxygen atoms in total. The quantitative estimate of drug-likeness (QED) is 0.319. The number of aromatic nitrogens is 4. The lowest BCUT2D eigenvalue weighted by molar-refractivity contribution is 0.102. The maximum absolute atomic E-state index is 12.7. The Morgan fingerprint density at radius 2 is 1.69 bits per heavy atom. The highest BCUT2D eigenvalue weighted by atomic mass is 32.2. The Hall–Kier alpha value is -4.25. The van der Waals surface area contributed by atoms with Crippen LogP contribution >= 0.6 is 0 Å². The number of benzene rings is 2. The Labute approximate surface area is 202 Å². The van der Waals surface area contributed by atoms with Crippen LogP contribution in [0.15, 0.2) is 53.4 Å². The van der Waals surface area contributed by atoms with Gasteiger partial charge in [-0.15, -0.1) is 0 Å². The first-order valence-electron chi connectivity index (χ1n) is 10.6. The molecule has 4 N–H and O–H groups in total. The Morgan fingerprint density at radius 3 is 2.37 bits per heavy atom. The number of hydrogen-bond acceptors (Lipinski definition) is 7. The number of carbonyl (C=O) groups is 1. The van der Waals surface area contributed by atoms with Crippen LogP contribution in [0, 0.1) is 27.7 Å². The number of carbonyl (C=O) groups excluding carboxylic acids is 1. The van der Waals surface area contributed by atoms with E-state index in [0.29, 0.717) is 28.5 Å². The van der Waals surface area contributed by atoms with Crippen molar-refractivity contribution in [3.05, 3.63) is 76.9 Å². The summed E-state index contributed by atoms with van der Waals surface area (Å²) in [7, 11) is -3.88. The number of nitrogens with one attached hydrogen (secondary N) is 3. The molecule has 0 aliphatic rings. The van der Waals surface area contributed by atoms with E-state index in [1.165, 1.54) is 36.4 Å². The van der Waals surface area contributed by atoms with Gasteiger partial charge < -0.3 is 10.4 Å². The first kappa shape index (κ1) is 23.9. The van der Waals surface area contributed by atoms with Gasteiger partial charge in [0.05, 0.1) is 10.6 Å². The molecule has 0 saturated heterocycles. The van der Waals surface area contributed by atoms with E-state index in [1.807, 2.05) is 19.9 Å². The summed E-state index contributed by atoms with van der Waals surface area (Å²) in [5.74, 6) is 0.279. The zero-order valence-corrected chi connectivity index (χ0v) is 20.4. The maximum Gasteiger partial charge on any atom is 0.273 e. The van der Waals surface area contributed by atoms with Crippen molar-refractivity contribution in [3.63, 3.8) is 0 Å². The van der Waals surface area contributed by atoms with Crippen LogP contribution in [0.5, 0.6) is 5.75 Å². The Balaban J connectivity index is 1.47. The molecule has 0 fully saturated rings. The highest BCUT2D eigenvalue weighted by Crippen LogP contribution is 2.32. The second kappa shape index (κ2) is 9.18. The summed E-state index contributed by atoms with van der Waals surface area (Å²) >= 11 is 0. The van der Waals surface area contributed by atoms with Gasteiger partial charge in [0.15, 0.2) is 0 Å². The Bertz CT molecular complexity index is 1510. The number of aryl methyl sites for hydroxylation is 3. The summed E-state index contributed by atoms with van der Waals surface area (Å²) in [4.78, 5) is 20.9. The molecule has 180 valence electrons. The smallest absolute Gasteiger partial charge is 0.273 e. The minimum absolute atomic E-state index is 0.0125. The molecule has 0 saturated carbocycles. The van der Waals surface area contributed by atoms with Crippen LogP contribution in [0.1, 0.15) is 33.1 Å². The first-order valence-corrected chi connectivity index (χ1v) is 12.1. The topological polar surface area (TPSA) is 150 Å². The SMILES string of the molecule is Cc1cc(NS(=O)(=O)c2ccc(NC(=O)c3cc(-c4ccc(C)c(C)c4O)n[nH]3)cc2)nc(C)n1. The zero-order valence-electron chi connectivity index (χ0n) is 19.5. The number of aromatic amines is 1. The molecule has 2 aromatic carbocycles. The van der Waals surface area contributed by atoms with Crippen molar-refractivity contribution in [2.24, 2.45) is 0 Å². The lowest BCUT2D eigenvalue weighted by Crippen LogP contribution is -2.15. The van der Waals surface area contributed by atoms with Gasteiger partial charge in [0.2, 0.25) is 0 Å². The highest BCUT2D eigenvalue weighted by molar-refractivity contribution is 7.92. The van der Waals surface area contributed by atoms with Crippen LogP contribution in [0.3, 0.4) is 0 Å². The van der Waals surface area contributed by atoms with E-state index < -0.39 is 15.9 Å². The predicted octanol–water partition coefficient (Wildman–Crippen LogP) is 3.86. The molecule has 1 amide bonds. The number of rotatable bonds is 6. The van der Waals surface area contributed by atoms with E-state index in [9.17, 15) is 18.3 Å². The second-order valence-electron chi connectivity index (χ2n) is 8.10. The Kier molecular flexibility index (Phi) is 6.27. The number of hydrogen-bond donors (Lipinski definition) is 4. The monoisotopic (exact) mass is 492 g/mol. The average molecular weight is 493 g/mol. The van der Waals surface area contributed by atoms with Gasteiger partial charge in [0.1, 0.15) is 23.1 Å². The minimum atomic E-state index is -3.88. The van der Waals surface area contributed by atoms with E-state index in [2.05, 4.69) is 30.2 Å². The molecule has 0 radical (unpaired) electrons. The number of phenolic OH excluding ortho intramolecular Hbond substituents is 1.